The van der Waals surface area contributed by atoms with Crippen LogP contribution in [0.15, 0.2) is 42.5 Å². The highest BCUT2D eigenvalue weighted by molar-refractivity contribution is 5.97. The summed E-state index contributed by atoms with van der Waals surface area (Å²) >= 11 is 0. The Morgan fingerprint density at radius 2 is 1.66 bits per heavy atom. The lowest BCUT2D eigenvalue weighted by Crippen LogP contribution is -2.47. The van der Waals surface area contributed by atoms with Crippen molar-refractivity contribution in [3.8, 4) is 17.2 Å². The second kappa shape index (κ2) is 10.0. The molecule has 0 aliphatic carbocycles. The van der Waals surface area contributed by atoms with Crippen LogP contribution in [0.5, 0.6) is 17.2 Å². The summed E-state index contributed by atoms with van der Waals surface area (Å²) in [5, 5.41) is 12.7. The summed E-state index contributed by atoms with van der Waals surface area (Å²) in [6.45, 7) is 5.45. The molecule has 2 aromatic carbocycles. The van der Waals surface area contributed by atoms with Crippen molar-refractivity contribution in [1.82, 2.24) is 10.2 Å². The van der Waals surface area contributed by atoms with Crippen molar-refractivity contribution < 1.29 is 19.4 Å². The van der Waals surface area contributed by atoms with Crippen molar-refractivity contribution in [3.05, 3.63) is 48.0 Å². The van der Waals surface area contributed by atoms with Crippen molar-refractivity contribution in [2.75, 3.05) is 58.4 Å². The number of benzene rings is 2. The Morgan fingerprint density at radius 1 is 1.00 bits per heavy atom. The van der Waals surface area contributed by atoms with Crippen LogP contribution < -0.4 is 19.7 Å². The zero-order valence-electron chi connectivity index (χ0n) is 17.1. The van der Waals surface area contributed by atoms with E-state index in [1.165, 1.54) is 18.9 Å². The molecule has 0 unspecified atom stereocenters. The first-order valence-corrected chi connectivity index (χ1v) is 9.87. The lowest BCUT2D eigenvalue weighted by atomic mass is 10.1. The van der Waals surface area contributed by atoms with E-state index in [0.717, 1.165) is 44.9 Å². The van der Waals surface area contributed by atoms with Crippen molar-refractivity contribution in [2.24, 2.45) is 0 Å². The smallest absolute Gasteiger partial charge is 0.255 e. The van der Waals surface area contributed by atoms with Crippen LogP contribution in [-0.4, -0.2) is 69.4 Å². The minimum atomic E-state index is -0.286. The van der Waals surface area contributed by atoms with E-state index in [1.807, 2.05) is 12.1 Å². The van der Waals surface area contributed by atoms with E-state index in [1.54, 1.807) is 19.2 Å². The predicted octanol–water partition coefficient (Wildman–Crippen LogP) is 2.35. The van der Waals surface area contributed by atoms with Gasteiger partial charge in [0.1, 0.15) is 17.2 Å². The summed E-state index contributed by atoms with van der Waals surface area (Å²) in [6.07, 6.45) is 0.860. The summed E-state index contributed by atoms with van der Waals surface area (Å²) < 4.78 is 10.3. The molecule has 0 atom stereocenters. The van der Waals surface area contributed by atoms with Gasteiger partial charge in [-0.05, 0) is 55.4 Å². The molecule has 2 aromatic rings. The van der Waals surface area contributed by atoms with Gasteiger partial charge in [-0.2, -0.15) is 0 Å². The largest absolute Gasteiger partial charge is 0.507 e. The fourth-order valence-electron chi connectivity index (χ4n) is 3.45. The highest BCUT2D eigenvalue weighted by atomic mass is 16.5. The third-order valence-electron chi connectivity index (χ3n) is 5.19. The zero-order chi connectivity index (χ0) is 20.6. The van der Waals surface area contributed by atoms with Crippen LogP contribution in [0.4, 0.5) is 5.69 Å². The van der Waals surface area contributed by atoms with E-state index in [4.69, 9.17) is 9.47 Å². The third kappa shape index (κ3) is 5.54. The molecule has 29 heavy (non-hydrogen) atoms. The first kappa shape index (κ1) is 20.8. The molecular formula is C22H29N3O4. The number of amides is 1. The topological polar surface area (TPSA) is 74.3 Å². The highest BCUT2D eigenvalue weighted by Gasteiger charge is 2.17. The van der Waals surface area contributed by atoms with Crippen LogP contribution in [-0.2, 0) is 0 Å². The van der Waals surface area contributed by atoms with Gasteiger partial charge in [0, 0.05) is 38.4 Å². The van der Waals surface area contributed by atoms with Crippen LogP contribution in [0.1, 0.15) is 16.8 Å². The van der Waals surface area contributed by atoms with E-state index in [9.17, 15) is 9.90 Å². The molecule has 7 heteroatoms. The zero-order valence-corrected chi connectivity index (χ0v) is 17.1. The summed E-state index contributed by atoms with van der Waals surface area (Å²) in [5.41, 5.74) is 1.45. The minimum Gasteiger partial charge on any atom is -0.507 e. The van der Waals surface area contributed by atoms with E-state index in [2.05, 4.69) is 27.2 Å². The number of ether oxygens (including phenoxy) is 2. The molecule has 1 fully saturated rings. The van der Waals surface area contributed by atoms with Crippen LogP contribution in [0, 0.1) is 0 Å². The van der Waals surface area contributed by atoms with Crippen LogP contribution >= 0.6 is 0 Å². The highest BCUT2D eigenvalue weighted by Crippen LogP contribution is 2.23. The minimum absolute atomic E-state index is 0.0436. The Balaban J connectivity index is 1.38. The van der Waals surface area contributed by atoms with Crippen molar-refractivity contribution in [2.45, 2.75) is 6.42 Å². The number of aromatic hydroxyl groups is 1. The molecule has 0 radical (unpaired) electrons. The van der Waals surface area contributed by atoms with Gasteiger partial charge in [-0.3, -0.25) is 9.69 Å². The average molecular weight is 399 g/mol. The van der Waals surface area contributed by atoms with Crippen LogP contribution in [0.3, 0.4) is 0 Å². The normalized spacial score (nSPS) is 14.5. The van der Waals surface area contributed by atoms with Crippen molar-refractivity contribution in [3.63, 3.8) is 0 Å². The second-order valence-electron chi connectivity index (χ2n) is 7.02. The fraction of sp³-hybridized carbons (Fsp3) is 0.409. The first-order chi connectivity index (χ1) is 14.1. The van der Waals surface area contributed by atoms with E-state index < -0.39 is 0 Å². The number of phenols is 1. The van der Waals surface area contributed by atoms with Crippen molar-refractivity contribution >= 4 is 11.6 Å². The molecule has 1 heterocycles. The SMILES string of the molecule is COc1ccc(N2CCN(CCCNC(=O)c3cc(OC)ccc3O)CC2)cc1. The van der Waals surface area contributed by atoms with Gasteiger partial charge >= 0.3 is 0 Å². The summed E-state index contributed by atoms with van der Waals surface area (Å²) in [6, 6.07) is 12.8. The maximum absolute atomic E-state index is 12.3. The summed E-state index contributed by atoms with van der Waals surface area (Å²) in [4.78, 5) is 17.1. The van der Waals surface area contributed by atoms with Gasteiger partial charge < -0.3 is 24.8 Å². The number of phenolic OH excluding ortho intramolecular Hbond substituents is 1. The van der Waals surface area contributed by atoms with Gasteiger partial charge in [-0.15, -0.1) is 0 Å². The Morgan fingerprint density at radius 3 is 2.31 bits per heavy atom. The molecule has 0 bridgehead atoms. The molecule has 3 rings (SSSR count). The fourth-order valence-corrected chi connectivity index (χ4v) is 3.45. The number of nitrogens with one attached hydrogen (secondary N) is 1. The third-order valence-corrected chi connectivity index (χ3v) is 5.19. The second-order valence-corrected chi connectivity index (χ2v) is 7.02. The average Bonchev–Trinajstić information content (AvgIpc) is 2.77. The van der Waals surface area contributed by atoms with Crippen molar-refractivity contribution in [1.29, 1.82) is 0 Å². The van der Waals surface area contributed by atoms with E-state index in [-0.39, 0.29) is 17.2 Å². The number of rotatable bonds is 8. The first-order valence-electron chi connectivity index (χ1n) is 9.87. The number of piperazine rings is 1. The molecule has 2 N–H and O–H groups in total. The molecule has 156 valence electrons. The number of carbonyl (C=O) groups excluding carboxylic acids is 1. The van der Waals surface area contributed by atoms with Gasteiger partial charge in [0.2, 0.25) is 0 Å². The van der Waals surface area contributed by atoms with E-state index in [0.29, 0.717) is 12.3 Å². The van der Waals surface area contributed by atoms with Gasteiger partial charge in [0.15, 0.2) is 0 Å². The monoisotopic (exact) mass is 399 g/mol. The Hall–Kier alpha value is -2.93. The van der Waals surface area contributed by atoms with Gasteiger partial charge in [0.25, 0.3) is 5.91 Å². The predicted molar refractivity (Wildman–Crippen MR) is 113 cm³/mol. The summed E-state index contributed by atoms with van der Waals surface area (Å²) in [7, 11) is 3.21. The molecule has 0 spiro atoms. The van der Waals surface area contributed by atoms with E-state index >= 15 is 0 Å². The number of anilines is 1. The molecule has 1 aliphatic heterocycles. The molecule has 1 aliphatic rings. The van der Waals surface area contributed by atoms with Gasteiger partial charge in [-0.25, -0.2) is 0 Å². The Bertz CT molecular complexity index is 802. The molecule has 1 amide bonds. The number of methoxy groups -OCH3 is 2. The number of hydrogen-bond donors (Lipinski definition) is 2. The number of carbonyl (C=O) groups is 1. The molecule has 1 saturated heterocycles. The molecule has 0 aromatic heterocycles. The van der Waals surface area contributed by atoms with Gasteiger partial charge in [0.05, 0.1) is 19.8 Å². The van der Waals surface area contributed by atoms with Crippen LogP contribution in [0.2, 0.25) is 0 Å². The standard InChI is InChI=1S/C22H29N3O4/c1-28-18-6-4-17(5-7-18)25-14-12-24(13-15-25)11-3-10-23-22(27)20-16-19(29-2)8-9-21(20)26/h4-9,16,26H,3,10-15H2,1-2H3,(H,23,27). The lowest BCUT2D eigenvalue weighted by Gasteiger charge is -2.36. The number of nitrogens with zero attached hydrogens (tertiary/aromatic N) is 2. The Labute approximate surface area is 171 Å². The number of hydrogen-bond acceptors (Lipinski definition) is 6. The molecule has 7 nitrogen and oxygen atoms in total. The maximum atomic E-state index is 12.3. The molecular weight excluding hydrogens is 370 g/mol. The molecule has 0 saturated carbocycles. The summed E-state index contributed by atoms with van der Waals surface area (Å²) in [5.74, 6) is 1.09. The maximum Gasteiger partial charge on any atom is 0.255 e. The quantitative estimate of drug-likeness (QED) is 0.664. The lowest BCUT2D eigenvalue weighted by molar-refractivity contribution is 0.0948. The van der Waals surface area contributed by atoms with Crippen LogP contribution in [0.25, 0.3) is 0 Å². The van der Waals surface area contributed by atoms with Gasteiger partial charge in [-0.1, -0.05) is 0 Å². The Kier molecular flexibility index (Phi) is 7.19.